The summed E-state index contributed by atoms with van der Waals surface area (Å²) >= 11 is 1.59. The molecule has 0 aliphatic rings. The predicted octanol–water partition coefficient (Wildman–Crippen LogP) is 8.02. The van der Waals surface area contributed by atoms with E-state index in [0.717, 1.165) is 27.1 Å². The van der Waals surface area contributed by atoms with Crippen LogP contribution in [0.25, 0.3) is 16.6 Å². The quantitative estimate of drug-likeness (QED) is 0.157. The first-order valence-corrected chi connectivity index (χ1v) is 13.6. The van der Waals surface area contributed by atoms with Crippen molar-refractivity contribution in [2.75, 3.05) is 0 Å². The number of aromatic nitrogens is 2. The Labute approximate surface area is 235 Å². The van der Waals surface area contributed by atoms with Gasteiger partial charge in [-0.05, 0) is 95.6 Å². The maximum atomic E-state index is 12.6. The highest BCUT2D eigenvalue weighted by Gasteiger charge is 2.35. The van der Waals surface area contributed by atoms with Crippen molar-refractivity contribution in [3.8, 4) is 17.2 Å². The molecular formula is C30H31F3N2O4S. The molecule has 0 saturated carbocycles. The minimum Gasteiger partial charge on any atom is -0.476 e. The number of benzene rings is 3. The van der Waals surface area contributed by atoms with Gasteiger partial charge in [0.05, 0.1) is 16.9 Å². The molecule has 4 rings (SSSR count). The van der Waals surface area contributed by atoms with Crippen LogP contribution in [0.2, 0.25) is 0 Å². The van der Waals surface area contributed by atoms with Gasteiger partial charge in [-0.1, -0.05) is 18.2 Å². The van der Waals surface area contributed by atoms with Crippen LogP contribution in [0.4, 0.5) is 13.2 Å². The second kappa shape index (κ2) is 11.1. The van der Waals surface area contributed by atoms with Crippen LogP contribution in [0.5, 0.6) is 11.5 Å². The highest BCUT2D eigenvalue weighted by molar-refractivity contribution is 7.98. The van der Waals surface area contributed by atoms with Crippen LogP contribution in [0, 0.1) is 6.92 Å². The summed E-state index contributed by atoms with van der Waals surface area (Å²) in [7, 11) is 0. The maximum Gasteiger partial charge on any atom is 0.573 e. The summed E-state index contributed by atoms with van der Waals surface area (Å²) in [6.45, 7) is 10.7. The topological polar surface area (TPSA) is 62.6 Å². The molecule has 212 valence electrons. The normalized spacial score (nSPS) is 12.4. The number of nitrogens with zero attached hydrogens (tertiary/aromatic N) is 2. The zero-order valence-corrected chi connectivity index (χ0v) is 23.9. The van der Waals surface area contributed by atoms with E-state index in [0.29, 0.717) is 17.2 Å². The van der Waals surface area contributed by atoms with Crippen molar-refractivity contribution in [3.05, 3.63) is 78.0 Å². The minimum atomic E-state index is -4.75. The van der Waals surface area contributed by atoms with Crippen LogP contribution in [0.3, 0.4) is 0 Å². The van der Waals surface area contributed by atoms with Crippen molar-refractivity contribution in [1.82, 2.24) is 9.78 Å². The molecule has 3 aromatic carbocycles. The largest absolute Gasteiger partial charge is 0.573 e. The molecule has 40 heavy (non-hydrogen) atoms. The summed E-state index contributed by atoms with van der Waals surface area (Å²) in [5, 5.41) is 5.72. The van der Waals surface area contributed by atoms with Crippen molar-refractivity contribution in [3.63, 3.8) is 0 Å². The lowest BCUT2D eigenvalue weighted by Crippen LogP contribution is -2.43. The molecule has 1 heterocycles. The number of fused-ring (bicyclic) bond motifs is 1. The van der Waals surface area contributed by atoms with E-state index >= 15 is 0 Å². The van der Waals surface area contributed by atoms with Gasteiger partial charge in [0.25, 0.3) is 0 Å². The molecule has 0 bridgehead atoms. The highest BCUT2D eigenvalue weighted by atomic mass is 32.2. The van der Waals surface area contributed by atoms with Crippen LogP contribution in [-0.4, -0.2) is 33.3 Å². The Balaban J connectivity index is 1.50. The van der Waals surface area contributed by atoms with Crippen molar-refractivity contribution in [2.24, 2.45) is 0 Å². The van der Waals surface area contributed by atoms with Crippen molar-refractivity contribution in [2.45, 2.75) is 69.8 Å². The molecule has 0 aliphatic carbocycles. The molecule has 4 aromatic rings. The number of alkyl halides is 3. The Hall–Kier alpha value is -3.66. The molecule has 6 nitrogen and oxygen atoms in total. The maximum absolute atomic E-state index is 12.6. The summed E-state index contributed by atoms with van der Waals surface area (Å²) in [5.41, 5.74) is 1.39. The van der Waals surface area contributed by atoms with E-state index in [4.69, 9.17) is 14.6 Å². The molecule has 0 fully saturated rings. The number of carbonyl (C=O) groups excluding carboxylic acids is 1. The summed E-state index contributed by atoms with van der Waals surface area (Å²) in [4.78, 5) is 13.6. The molecule has 0 radical (unpaired) electrons. The number of hydrogen-bond acceptors (Lipinski definition) is 6. The minimum absolute atomic E-state index is 0.291. The number of carbonyl (C=O) groups is 1. The number of halogens is 3. The summed E-state index contributed by atoms with van der Waals surface area (Å²) in [5.74, 6) is 0.419. The van der Waals surface area contributed by atoms with Gasteiger partial charge in [-0.15, -0.1) is 24.9 Å². The van der Waals surface area contributed by atoms with Crippen molar-refractivity contribution in [1.29, 1.82) is 0 Å². The monoisotopic (exact) mass is 572 g/mol. The smallest absolute Gasteiger partial charge is 0.476 e. The zero-order valence-electron chi connectivity index (χ0n) is 23.1. The van der Waals surface area contributed by atoms with Crippen LogP contribution < -0.4 is 9.47 Å². The zero-order chi connectivity index (χ0) is 29.3. The molecule has 0 atom stereocenters. The average Bonchev–Trinajstić information content (AvgIpc) is 3.21. The third-order valence-electron chi connectivity index (χ3n) is 5.76. The average molecular weight is 573 g/mol. The van der Waals surface area contributed by atoms with Gasteiger partial charge in [0.15, 0.2) is 5.60 Å². The van der Waals surface area contributed by atoms with E-state index in [2.05, 4.69) is 4.74 Å². The molecule has 0 spiro atoms. The molecule has 0 saturated heterocycles. The molecule has 0 N–H and O–H groups in total. The summed E-state index contributed by atoms with van der Waals surface area (Å²) in [6, 6.07) is 19.1. The van der Waals surface area contributed by atoms with Gasteiger partial charge in [-0.2, -0.15) is 5.10 Å². The number of para-hydroxylation sites is 1. The van der Waals surface area contributed by atoms with Crippen LogP contribution in [0.15, 0.2) is 71.6 Å². The molecule has 1 aromatic heterocycles. The van der Waals surface area contributed by atoms with E-state index < -0.39 is 23.5 Å². The fourth-order valence-electron chi connectivity index (χ4n) is 3.92. The third kappa shape index (κ3) is 7.29. The van der Waals surface area contributed by atoms with Gasteiger partial charge in [-0.25, -0.2) is 9.48 Å². The Morgan fingerprint density at radius 3 is 2.23 bits per heavy atom. The van der Waals surface area contributed by atoms with Gasteiger partial charge in [-0.3, -0.25) is 0 Å². The first-order chi connectivity index (χ1) is 18.6. The first kappa shape index (κ1) is 29.3. The number of aryl methyl sites for hydroxylation is 1. The van der Waals surface area contributed by atoms with Gasteiger partial charge in [0.1, 0.15) is 17.1 Å². The summed E-state index contributed by atoms with van der Waals surface area (Å²) < 4.78 is 54.8. The van der Waals surface area contributed by atoms with Gasteiger partial charge < -0.3 is 14.2 Å². The lowest BCUT2D eigenvalue weighted by atomic mass is 10.1. The lowest BCUT2D eigenvalue weighted by molar-refractivity contribution is -0.274. The van der Waals surface area contributed by atoms with Crippen molar-refractivity contribution < 1.29 is 32.2 Å². The predicted molar refractivity (Wildman–Crippen MR) is 149 cm³/mol. The molecule has 0 aliphatic heterocycles. The Bertz CT molecular complexity index is 1510. The Morgan fingerprint density at radius 1 is 0.925 bits per heavy atom. The van der Waals surface area contributed by atoms with Gasteiger partial charge in [0, 0.05) is 16.0 Å². The van der Waals surface area contributed by atoms with Crippen LogP contribution in [-0.2, 0) is 15.3 Å². The van der Waals surface area contributed by atoms with E-state index in [1.807, 2.05) is 70.2 Å². The van der Waals surface area contributed by atoms with Crippen molar-refractivity contribution >= 4 is 28.6 Å². The Morgan fingerprint density at radius 2 is 1.60 bits per heavy atom. The molecule has 0 amide bonds. The second-order valence-electron chi connectivity index (χ2n) is 10.7. The van der Waals surface area contributed by atoms with E-state index in [1.165, 1.54) is 24.3 Å². The second-order valence-corrected chi connectivity index (χ2v) is 11.8. The standard InChI is InChI=1S/C30H31F3N2O4S/c1-19-17-22(15-16-26(19)38-29(5,6)27(36)39-28(2,3)4)40-18-24-23-9-7-8-10-25(23)35(34-24)20-11-13-21(14-12-20)37-30(31,32)33/h7-17H,18H2,1-6H3. The summed E-state index contributed by atoms with van der Waals surface area (Å²) in [6.07, 6.45) is -4.75. The van der Waals surface area contributed by atoms with Gasteiger partial charge in [0.2, 0.25) is 0 Å². The van der Waals surface area contributed by atoms with Crippen LogP contribution >= 0.6 is 11.8 Å². The molecule has 10 heteroatoms. The number of esters is 1. The third-order valence-corrected chi connectivity index (χ3v) is 6.76. The lowest BCUT2D eigenvalue weighted by Gasteiger charge is -2.29. The van der Waals surface area contributed by atoms with E-state index in [9.17, 15) is 18.0 Å². The van der Waals surface area contributed by atoms with E-state index in [-0.39, 0.29) is 5.75 Å². The van der Waals surface area contributed by atoms with Crippen LogP contribution in [0.1, 0.15) is 45.9 Å². The number of rotatable bonds is 8. The number of hydrogen-bond donors (Lipinski definition) is 0. The molecular weight excluding hydrogens is 541 g/mol. The fourth-order valence-corrected chi connectivity index (χ4v) is 4.86. The number of thioether (sulfide) groups is 1. The molecule has 0 unspecified atom stereocenters. The fraction of sp³-hybridized carbons (Fsp3) is 0.333. The Kier molecular flexibility index (Phi) is 8.12. The van der Waals surface area contributed by atoms with Gasteiger partial charge >= 0.3 is 12.3 Å². The SMILES string of the molecule is Cc1cc(SCc2nn(-c3ccc(OC(F)(F)F)cc3)c3ccccc23)ccc1OC(C)(C)C(=O)OC(C)(C)C. The number of ether oxygens (including phenoxy) is 3. The highest BCUT2D eigenvalue weighted by Crippen LogP contribution is 2.33. The first-order valence-electron chi connectivity index (χ1n) is 12.6. The van der Waals surface area contributed by atoms with E-state index in [1.54, 1.807) is 30.3 Å².